The molecule has 2 saturated heterocycles. The molecule has 0 aromatic heterocycles. The highest BCUT2D eigenvalue weighted by molar-refractivity contribution is 6.07. The van der Waals surface area contributed by atoms with Gasteiger partial charge in [0.2, 0.25) is 0 Å². The Bertz CT molecular complexity index is 661. The summed E-state index contributed by atoms with van der Waals surface area (Å²) in [6.07, 6.45) is 0.532. The molecule has 0 aliphatic carbocycles. The summed E-state index contributed by atoms with van der Waals surface area (Å²) < 4.78 is 13.9. The van der Waals surface area contributed by atoms with Crippen LogP contribution in [0.25, 0.3) is 0 Å². The van der Waals surface area contributed by atoms with Crippen LogP contribution in [0.5, 0.6) is 0 Å². The molecular formula is C14H13FN4O2. The quantitative estimate of drug-likeness (QED) is 0.775. The molecule has 1 aromatic rings. The van der Waals surface area contributed by atoms with Gasteiger partial charge in [-0.25, -0.2) is 9.18 Å². The number of carbonyl (C=O) groups is 2. The van der Waals surface area contributed by atoms with Crippen molar-refractivity contribution in [3.05, 3.63) is 35.1 Å². The van der Waals surface area contributed by atoms with Crippen molar-refractivity contribution >= 4 is 11.9 Å². The number of nitrogens with zero attached hydrogens (tertiary/aromatic N) is 2. The molecule has 1 unspecified atom stereocenters. The Morgan fingerprint density at radius 2 is 2.24 bits per heavy atom. The molecular weight excluding hydrogens is 275 g/mol. The lowest BCUT2D eigenvalue weighted by molar-refractivity contribution is -0.131. The second-order valence-electron chi connectivity index (χ2n) is 5.25. The van der Waals surface area contributed by atoms with Crippen molar-refractivity contribution in [2.75, 3.05) is 13.1 Å². The SMILES string of the molecule is N#Cc1ccc(CN2C(=O)NC3(CCNC3)C2=O)c(F)c1. The number of benzene rings is 1. The van der Waals surface area contributed by atoms with Crippen LogP contribution in [0, 0.1) is 17.1 Å². The molecule has 1 aromatic carbocycles. The monoisotopic (exact) mass is 288 g/mol. The Labute approximate surface area is 120 Å². The van der Waals surface area contributed by atoms with Gasteiger partial charge in [-0.05, 0) is 25.1 Å². The molecule has 2 N–H and O–H groups in total. The van der Waals surface area contributed by atoms with Crippen LogP contribution in [-0.2, 0) is 11.3 Å². The number of nitrogens with one attached hydrogen (secondary N) is 2. The fraction of sp³-hybridized carbons (Fsp3) is 0.357. The van der Waals surface area contributed by atoms with E-state index in [4.69, 9.17) is 5.26 Å². The van der Waals surface area contributed by atoms with Gasteiger partial charge in [0.1, 0.15) is 11.4 Å². The standard InChI is InChI=1S/C14H13FN4O2/c15-11-5-9(6-16)1-2-10(11)7-19-12(20)14(18-13(19)21)3-4-17-8-14/h1-2,5,17H,3-4,7-8H2,(H,18,21). The summed E-state index contributed by atoms with van der Waals surface area (Å²) in [6, 6.07) is 5.31. The zero-order chi connectivity index (χ0) is 15.0. The molecule has 0 saturated carbocycles. The average Bonchev–Trinajstić information content (AvgIpc) is 3.02. The Morgan fingerprint density at radius 3 is 2.86 bits per heavy atom. The van der Waals surface area contributed by atoms with Crippen LogP contribution in [0.3, 0.4) is 0 Å². The van der Waals surface area contributed by atoms with Crippen LogP contribution in [-0.4, -0.2) is 35.5 Å². The molecule has 2 fully saturated rings. The lowest BCUT2D eigenvalue weighted by atomic mass is 9.99. The van der Waals surface area contributed by atoms with E-state index in [2.05, 4.69) is 10.6 Å². The molecule has 21 heavy (non-hydrogen) atoms. The van der Waals surface area contributed by atoms with Crippen molar-refractivity contribution in [2.24, 2.45) is 0 Å². The first kappa shape index (κ1) is 13.5. The van der Waals surface area contributed by atoms with Gasteiger partial charge in [-0.3, -0.25) is 9.69 Å². The van der Waals surface area contributed by atoms with E-state index in [1.807, 2.05) is 6.07 Å². The molecule has 0 radical (unpaired) electrons. The minimum atomic E-state index is -0.889. The van der Waals surface area contributed by atoms with Gasteiger partial charge in [0.25, 0.3) is 5.91 Å². The van der Waals surface area contributed by atoms with E-state index in [-0.39, 0.29) is 23.6 Å². The molecule has 2 heterocycles. The van der Waals surface area contributed by atoms with Gasteiger partial charge in [0, 0.05) is 12.1 Å². The first-order valence-corrected chi connectivity index (χ1v) is 6.59. The third kappa shape index (κ3) is 2.14. The fourth-order valence-corrected chi connectivity index (χ4v) is 2.72. The number of urea groups is 1. The number of amides is 3. The minimum absolute atomic E-state index is 0.135. The van der Waals surface area contributed by atoms with E-state index in [0.717, 1.165) is 11.0 Å². The Balaban J connectivity index is 1.84. The van der Waals surface area contributed by atoms with E-state index < -0.39 is 17.4 Å². The fourth-order valence-electron chi connectivity index (χ4n) is 2.72. The maximum Gasteiger partial charge on any atom is 0.325 e. The van der Waals surface area contributed by atoms with E-state index in [9.17, 15) is 14.0 Å². The zero-order valence-electron chi connectivity index (χ0n) is 11.1. The van der Waals surface area contributed by atoms with E-state index in [1.165, 1.54) is 12.1 Å². The highest BCUT2D eigenvalue weighted by Gasteiger charge is 2.52. The molecule has 2 aliphatic heterocycles. The van der Waals surface area contributed by atoms with Gasteiger partial charge >= 0.3 is 6.03 Å². The predicted molar refractivity (Wildman–Crippen MR) is 70.4 cm³/mol. The van der Waals surface area contributed by atoms with E-state index in [1.54, 1.807) is 0 Å². The normalized spacial score (nSPS) is 24.5. The number of halogens is 1. The van der Waals surface area contributed by atoms with Gasteiger partial charge in [0.15, 0.2) is 0 Å². The summed E-state index contributed by atoms with van der Waals surface area (Å²) in [6.45, 7) is 0.916. The summed E-state index contributed by atoms with van der Waals surface area (Å²) in [5, 5.41) is 14.4. The van der Waals surface area contributed by atoms with Crippen molar-refractivity contribution in [1.82, 2.24) is 15.5 Å². The number of nitriles is 1. The summed E-state index contributed by atoms with van der Waals surface area (Å²) in [5.74, 6) is -0.929. The van der Waals surface area contributed by atoms with Gasteiger partial charge in [-0.1, -0.05) is 6.07 Å². The molecule has 3 rings (SSSR count). The topological polar surface area (TPSA) is 85.2 Å². The highest BCUT2D eigenvalue weighted by Crippen LogP contribution is 2.26. The third-order valence-corrected chi connectivity index (χ3v) is 3.91. The molecule has 7 heteroatoms. The van der Waals surface area contributed by atoms with Gasteiger partial charge in [-0.2, -0.15) is 5.26 Å². The Hall–Kier alpha value is -2.46. The average molecular weight is 288 g/mol. The highest BCUT2D eigenvalue weighted by atomic mass is 19.1. The molecule has 108 valence electrons. The molecule has 2 aliphatic rings. The van der Waals surface area contributed by atoms with Crippen molar-refractivity contribution in [3.8, 4) is 6.07 Å². The maximum absolute atomic E-state index is 13.9. The molecule has 1 atom stereocenters. The van der Waals surface area contributed by atoms with Crippen molar-refractivity contribution in [2.45, 2.75) is 18.5 Å². The third-order valence-electron chi connectivity index (χ3n) is 3.91. The number of imide groups is 1. The van der Waals surface area contributed by atoms with Gasteiger partial charge < -0.3 is 10.6 Å². The first-order chi connectivity index (χ1) is 10.1. The summed E-state index contributed by atoms with van der Waals surface area (Å²) in [7, 11) is 0. The summed E-state index contributed by atoms with van der Waals surface area (Å²) in [4.78, 5) is 25.4. The van der Waals surface area contributed by atoms with E-state index >= 15 is 0 Å². The van der Waals surface area contributed by atoms with Crippen LogP contribution >= 0.6 is 0 Å². The molecule has 6 nitrogen and oxygen atoms in total. The van der Waals surface area contributed by atoms with E-state index in [0.29, 0.717) is 19.5 Å². The second-order valence-corrected chi connectivity index (χ2v) is 5.25. The number of hydrogen-bond donors (Lipinski definition) is 2. The molecule has 1 spiro atoms. The molecule has 3 amide bonds. The Kier molecular flexibility index (Phi) is 3.11. The Morgan fingerprint density at radius 1 is 1.43 bits per heavy atom. The van der Waals surface area contributed by atoms with Gasteiger partial charge in [-0.15, -0.1) is 0 Å². The largest absolute Gasteiger partial charge is 0.325 e. The maximum atomic E-state index is 13.9. The van der Waals surface area contributed by atoms with Gasteiger partial charge in [0.05, 0.1) is 18.2 Å². The first-order valence-electron chi connectivity index (χ1n) is 6.59. The van der Waals surface area contributed by atoms with Crippen molar-refractivity contribution in [1.29, 1.82) is 5.26 Å². The molecule has 0 bridgehead atoms. The van der Waals surface area contributed by atoms with Crippen LogP contribution in [0.4, 0.5) is 9.18 Å². The number of hydrogen-bond acceptors (Lipinski definition) is 4. The lowest BCUT2D eigenvalue weighted by Crippen LogP contribution is -2.48. The lowest BCUT2D eigenvalue weighted by Gasteiger charge is -2.19. The predicted octanol–water partition coefficient (Wildman–Crippen LogP) is 0.481. The van der Waals surface area contributed by atoms with Crippen LogP contribution in [0.1, 0.15) is 17.5 Å². The van der Waals surface area contributed by atoms with Crippen LogP contribution < -0.4 is 10.6 Å². The number of carbonyl (C=O) groups excluding carboxylic acids is 2. The zero-order valence-corrected chi connectivity index (χ0v) is 11.1. The van der Waals surface area contributed by atoms with Crippen LogP contribution in [0.2, 0.25) is 0 Å². The van der Waals surface area contributed by atoms with Crippen molar-refractivity contribution < 1.29 is 14.0 Å². The van der Waals surface area contributed by atoms with Crippen LogP contribution in [0.15, 0.2) is 18.2 Å². The van der Waals surface area contributed by atoms with Crippen molar-refractivity contribution in [3.63, 3.8) is 0 Å². The second kappa shape index (κ2) is 4.82. The summed E-state index contributed by atoms with van der Waals surface area (Å²) in [5.41, 5.74) is -0.481. The summed E-state index contributed by atoms with van der Waals surface area (Å²) >= 11 is 0. The smallest absolute Gasteiger partial charge is 0.322 e. The minimum Gasteiger partial charge on any atom is -0.322 e. The number of rotatable bonds is 2.